The van der Waals surface area contributed by atoms with Gasteiger partial charge in [0.25, 0.3) is 5.91 Å². The van der Waals surface area contributed by atoms with Crippen molar-refractivity contribution in [3.05, 3.63) is 65.0 Å². The van der Waals surface area contributed by atoms with Crippen LogP contribution in [0.3, 0.4) is 0 Å². The molecular formula is C18H20FNO3. The molecule has 2 rings (SSSR count). The van der Waals surface area contributed by atoms with E-state index >= 15 is 0 Å². The highest BCUT2D eigenvalue weighted by Gasteiger charge is 2.08. The number of carbonyl (C=O) groups excluding carboxylic acids is 1. The first-order chi connectivity index (χ1) is 11.1. The Labute approximate surface area is 135 Å². The molecule has 0 spiro atoms. The zero-order valence-corrected chi connectivity index (χ0v) is 13.3. The van der Waals surface area contributed by atoms with Gasteiger partial charge in [0.05, 0.1) is 6.61 Å². The summed E-state index contributed by atoms with van der Waals surface area (Å²) in [7, 11) is 1.62. The van der Waals surface area contributed by atoms with E-state index < -0.39 is 0 Å². The molecule has 122 valence electrons. The van der Waals surface area contributed by atoms with E-state index in [1.807, 2.05) is 24.3 Å². The summed E-state index contributed by atoms with van der Waals surface area (Å²) in [5.74, 6) is 0.0669. The molecule has 0 aliphatic carbocycles. The van der Waals surface area contributed by atoms with Crippen molar-refractivity contribution >= 4 is 5.91 Å². The van der Waals surface area contributed by atoms with Crippen LogP contribution in [0.25, 0.3) is 0 Å². The summed E-state index contributed by atoms with van der Waals surface area (Å²) in [4.78, 5) is 12.0. The Morgan fingerprint density at radius 1 is 1.13 bits per heavy atom. The van der Waals surface area contributed by atoms with Crippen molar-refractivity contribution in [2.24, 2.45) is 0 Å². The predicted molar refractivity (Wildman–Crippen MR) is 86.1 cm³/mol. The second-order valence-corrected chi connectivity index (χ2v) is 5.13. The Morgan fingerprint density at radius 2 is 1.87 bits per heavy atom. The van der Waals surface area contributed by atoms with E-state index in [0.29, 0.717) is 30.9 Å². The van der Waals surface area contributed by atoms with Gasteiger partial charge < -0.3 is 14.8 Å². The first-order valence-electron chi connectivity index (χ1n) is 7.35. The van der Waals surface area contributed by atoms with Gasteiger partial charge in [0.1, 0.15) is 18.2 Å². The molecular weight excluding hydrogens is 297 g/mol. The van der Waals surface area contributed by atoms with E-state index in [-0.39, 0.29) is 11.7 Å². The molecule has 2 aromatic carbocycles. The summed E-state index contributed by atoms with van der Waals surface area (Å²) >= 11 is 0. The first kappa shape index (κ1) is 17.0. The average molecular weight is 317 g/mol. The lowest BCUT2D eigenvalue weighted by Crippen LogP contribution is -2.22. The van der Waals surface area contributed by atoms with Gasteiger partial charge in [-0.25, -0.2) is 4.39 Å². The lowest BCUT2D eigenvalue weighted by atomic mass is 10.1. The average Bonchev–Trinajstić information content (AvgIpc) is 2.56. The summed E-state index contributed by atoms with van der Waals surface area (Å²) in [6.45, 7) is 3.05. The van der Waals surface area contributed by atoms with E-state index in [2.05, 4.69) is 5.32 Å². The predicted octanol–water partition coefficient (Wildman–Crippen LogP) is 3.09. The Hall–Kier alpha value is -2.40. The van der Waals surface area contributed by atoms with Gasteiger partial charge in [-0.2, -0.15) is 0 Å². The maximum absolute atomic E-state index is 13.5. The molecule has 4 nitrogen and oxygen atoms in total. The Kier molecular flexibility index (Phi) is 6.11. The van der Waals surface area contributed by atoms with Gasteiger partial charge in [0, 0.05) is 19.2 Å². The zero-order valence-electron chi connectivity index (χ0n) is 13.3. The van der Waals surface area contributed by atoms with Gasteiger partial charge >= 0.3 is 0 Å². The summed E-state index contributed by atoms with van der Waals surface area (Å²) in [6, 6.07) is 11.9. The minimum atomic E-state index is -0.379. The van der Waals surface area contributed by atoms with E-state index in [4.69, 9.17) is 9.47 Å². The number of carbonyl (C=O) groups is 1. The van der Waals surface area contributed by atoms with Crippen molar-refractivity contribution < 1.29 is 18.7 Å². The van der Waals surface area contributed by atoms with Crippen molar-refractivity contribution in [3.63, 3.8) is 0 Å². The van der Waals surface area contributed by atoms with Crippen LogP contribution < -0.4 is 10.1 Å². The number of aryl methyl sites for hydroxylation is 1. The minimum absolute atomic E-state index is 0.302. The number of hydrogen-bond donors (Lipinski definition) is 1. The maximum Gasteiger partial charge on any atom is 0.251 e. The molecule has 0 unspecified atom stereocenters. The highest BCUT2D eigenvalue weighted by atomic mass is 19.1. The van der Waals surface area contributed by atoms with E-state index in [1.54, 1.807) is 26.2 Å². The number of methoxy groups -OCH3 is 1. The number of halogens is 1. The van der Waals surface area contributed by atoms with Crippen LogP contribution in [0.15, 0.2) is 42.5 Å². The molecule has 0 saturated heterocycles. The molecule has 0 saturated carbocycles. The van der Waals surface area contributed by atoms with Gasteiger partial charge in [-0.05, 0) is 42.3 Å². The number of rotatable bonds is 7. The summed E-state index contributed by atoms with van der Waals surface area (Å²) in [5, 5.41) is 2.77. The third-order valence-corrected chi connectivity index (χ3v) is 3.37. The number of hydrogen-bond acceptors (Lipinski definition) is 3. The fourth-order valence-corrected chi connectivity index (χ4v) is 1.96. The molecule has 0 aromatic heterocycles. The van der Waals surface area contributed by atoms with Crippen molar-refractivity contribution in [3.8, 4) is 5.75 Å². The Balaban J connectivity index is 1.87. The highest BCUT2D eigenvalue weighted by molar-refractivity contribution is 5.94. The van der Waals surface area contributed by atoms with E-state index in [9.17, 15) is 9.18 Å². The Bertz CT molecular complexity index is 656. The molecule has 0 aliphatic rings. The zero-order chi connectivity index (χ0) is 16.7. The van der Waals surface area contributed by atoms with Gasteiger partial charge in [-0.15, -0.1) is 0 Å². The number of amides is 1. The molecule has 0 atom stereocenters. The molecule has 1 N–H and O–H groups in total. The van der Waals surface area contributed by atoms with Crippen LogP contribution in [-0.2, 0) is 11.3 Å². The lowest BCUT2D eigenvalue weighted by Gasteiger charge is -2.08. The van der Waals surface area contributed by atoms with Crippen molar-refractivity contribution in [1.82, 2.24) is 5.32 Å². The third-order valence-electron chi connectivity index (χ3n) is 3.37. The van der Waals surface area contributed by atoms with Crippen molar-refractivity contribution in [1.29, 1.82) is 0 Å². The maximum atomic E-state index is 13.5. The molecule has 2 aromatic rings. The van der Waals surface area contributed by atoms with Crippen molar-refractivity contribution in [2.75, 3.05) is 20.3 Å². The molecule has 5 heteroatoms. The molecule has 0 aliphatic heterocycles. The molecule has 0 radical (unpaired) electrons. The van der Waals surface area contributed by atoms with Crippen LogP contribution in [0.2, 0.25) is 0 Å². The largest absolute Gasteiger partial charge is 0.491 e. The van der Waals surface area contributed by atoms with Crippen LogP contribution in [-0.4, -0.2) is 26.2 Å². The highest BCUT2D eigenvalue weighted by Crippen LogP contribution is 2.13. The summed E-state index contributed by atoms with van der Waals surface area (Å²) in [5.41, 5.74) is 1.77. The van der Waals surface area contributed by atoms with Crippen LogP contribution in [0.1, 0.15) is 21.5 Å². The molecule has 0 heterocycles. The number of benzene rings is 2. The van der Waals surface area contributed by atoms with Crippen LogP contribution in [0.4, 0.5) is 4.39 Å². The smallest absolute Gasteiger partial charge is 0.251 e. The summed E-state index contributed by atoms with van der Waals surface area (Å²) in [6.07, 6.45) is 0. The van der Waals surface area contributed by atoms with Gasteiger partial charge in [-0.3, -0.25) is 4.79 Å². The fraction of sp³-hybridized carbons (Fsp3) is 0.278. The molecule has 1 amide bonds. The standard InChI is InChI=1S/C18H20FNO3/c1-13-3-6-15(11-17(13)19)18(21)20-12-14-4-7-16(8-5-14)23-10-9-22-2/h3-8,11H,9-10,12H2,1-2H3,(H,20,21). The quantitative estimate of drug-likeness (QED) is 0.798. The van der Waals surface area contributed by atoms with Crippen LogP contribution in [0.5, 0.6) is 5.75 Å². The van der Waals surface area contributed by atoms with E-state index in [1.165, 1.54) is 6.07 Å². The SMILES string of the molecule is COCCOc1ccc(CNC(=O)c2ccc(C)c(F)c2)cc1. The lowest BCUT2D eigenvalue weighted by molar-refractivity contribution is 0.0950. The second-order valence-electron chi connectivity index (χ2n) is 5.13. The van der Waals surface area contributed by atoms with Gasteiger partial charge in [-0.1, -0.05) is 18.2 Å². The fourth-order valence-electron chi connectivity index (χ4n) is 1.96. The second kappa shape index (κ2) is 8.29. The summed E-state index contributed by atoms with van der Waals surface area (Å²) < 4.78 is 23.8. The first-order valence-corrected chi connectivity index (χ1v) is 7.35. The van der Waals surface area contributed by atoms with Gasteiger partial charge in [0.2, 0.25) is 0 Å². The van der Waals surface area contributed by atoms with Gasteiger partial charge in [0.15, 0.2) is 0 Å². The van der Waals surface area contributed by atoms with E-state index in [0.717, 1.165) is 11.3 Å². The monoisotopic (exact) mass is 317 g/mol. The molecule has 0 bridgehead atoms. The minimum Gasteiger partial charge on any atom is -0.491 e. The molecule has 23 heavy (non-hydrogen) atoms. The van der Waals surface area contributed by atoms with Crippen LogP contribution in [0, 0.1) is 12.7 Å². The number of ether oxygens (including phenoxy) is 2. The third kappa shape index (κ3) is 5.07. The topological polar surface area (TPSA) is 47.6 Å². The normalized spacial score (nSPS) is 10.4. The molecule has 0 fully saturated rings. The number of nitrogens with one attached hydrogen (secondary N) is 1. The van der Waals surface area contributed by atoms with Crippen molar-refractivity contribution in [2.45, 2.75) is 13.5 Å². The Morgan fingerprint density at radius 3 is 2.52 bits per heavy atom. The van der Waals surface area contributed by atoms with Crippen LogP contribution >= 0.6 is 0 Å².